The molecule has 0 spiro atoms. The van der Waals surface area contributed by atoms with E-state index in [2.05, 4.69) is 81.3 Å². The molecule has 0 saturated heterocycles. The summed E-state index contributed by atoms with van der Waals surface area (Å²) >= 11 is 7.06. The largest absolute Gasteiger partial charge is 0.508 e. The summed E-state index contributed by atoms with van der Waals surface area (Å²) < 4.78 is 0. The number of hydrogen-bond acceptors (Lipinski definition) is 14. The fourth-order valence-corrected chi connectivity index (χ4v) is 9.87. The molecule has 0 unspecified atom stereocenters. The second-order valence-corrected chi connectivity index (χ2v) is 17.3. The Morgan fingerprint density at radius 3 is 1.48 bits per heavy atom. The first-order valence-corrected chi connectivity index (χ1v) is 20.4. The fraction of sp³-hybridized carbons (Fsp3) is 0.0476. The Kier molecular flexibility index (Phi) is 10.3. The number of hydrogen-bond donors (Lipinski definition) is 6. The van der Waals surface area contributed by atoms with Crippen molar-refractivity contribution in [3.8, 4) is 52.3 Å². The summed E-state index contributed by atoms with van der Waals surface area (Å²) in [5.74, 6) is -0.360. The number of azo groups is 2. The van der Waals surface area contributed by atoms with Crippen LogP contribution in [0.5, 0.6) is 23.0 Å². The maximum Gasteiger partial charge on any atom is 0.146 e. The molecule has 8 aromatic rings. The number of benzene rings is 4. The third-order valence-corrected chi connectivity index (χ3v) is 13.3. The maximum atomic E-state index is 10.0. The highest BCUT2D eigenvalue weighted by Crippen LogP contribution is 2.49. The molecule has 0 aliphatic carbocycles. The molecule has 4 heterocycles. The zero-order valence-corrected chi connectivity index (χ0v) is 33.0. The zero-order chi connectivity index (χ0) is 38.8. The van der Waals surface area contributed by atoms with Crippen LogP contribution < -0.4 is 10.6 Å². The van der Waals surface area contributed by atoms with Crippen LogP contribution in [0.15, 0.2) is 142 Å². The summed E-state index contributed by atoms with van der Waals surface area (Å²) in [5.41, 5.74) is 5.65. The van der Waals surface area contributed by atoms with E-state index in [0.29, 0.717) is 11.4 Å². The monoisotopic (exact) mass is 812 g/mol. The number of aryl methyl sites for hydroxylation is 2. The van der Waals surface area contributed by atoms with E-state index in [9.17, 15) is 20.4 Å². The molecular formula is C42H32N6O4S4. The van der Waals surface area contributed by atoms with Crippen molar-refractivity contribution in [2.24, 2.45) is 20.5 Å². The Bertz CT molecular complexity index is 2730. The predicted molar refractivity (Wildman–Crippen MR) is 231 cm³/mol. The van der Waals surface area contributed by atoms with Gasteiger partial charge >= 0.3 is 0 Å². The molecule has 0 bridgehead atoms. The Labute approximate surface area is 337 Å². The van der Waals surface area contributed by atoms with Gasteiger partial charge < -0.3 is 31.1 Å². The smallest absolute Gasteiger partial charge is 0.146 e. The van der Waals surface area contributed by atoms with Crippen molar-refractivity contribution in [1.29, 1.82) is 0 Å². The standard InChI is InChI=1S/C42H32N6O4S4/c1-23-3-16-37(53-23)41-22-34(44-26-6-10-28(11-7-26)46-48-32-15-13-30(50)20-36(32)52)42(56-41)39-18-17-38(55-39)40-21-33(24(2)54-40)43-25-4-8-27(9-5-25)45-47-31-14-12-29(49)19-35(31)51/h3-22,43-44,49-52H,1-2H3. The first-order chi connectivity index (χ1) is 27.1. The van der Waals surface area contributed by atoms with Crippen LogP contribution >= 0.6 is 45.3 Å². The van der Waals surface area contributed by atoms with Crippen molar-refractivity contribution in [3.63, 3.8) is 0 Å². The van der Waals surface area contributed by atoms with Crippen LogP contribution in [0.4, 0.5) is 45.5 Å². The number of aromatic hydroxyl groups is 4. The molecule has 0 radical (unpaired) electrons. The van der Waals surface area contributed by atoms with Crippen LogP contribution in [0.2, 0.25) is 0 Å². The second-order valence-electron chi connectivity index (χ2n) is 12.6. The van der Waals surface area contributed by atoms with Gasteiger partial charge in [-0.15, -0.1) is 55.6 Å². The maximum absolute atomic E-state index is 10.0. The molecular weight excluding hydrogens is 781 g/mol. The lowest BCUT2D eigenvalue weighted by molar-refractivity contribution is 0.450. The molecule has 0 aliphatic rings. The zero-order valence-electron chi connectivity index (χ0n) is 29.8. The van der Waals surface area contributed by atoms with Gasteiger partial charge in [-0.2, -0.15) is 10.2 Å². The minimum absolute atomic E-state index is 0.0380. The van der Waals surface area contributed by atoms with E-state index in [4.69, 9.17) is 0 Å². The van der Waals surface area contributed by atoms with Crippen molar-refractivity contribution in [2.45, 2.75) is 13.8 Å². The average Bonchev–Trinajstić information content (AvgIpc) is 4.00. The molecule has 4 aromatic heterocycles. The van der Waals surface area contributed by atoms with Crippen LogP contribution in [0.25, 0.3) is 29.3 Å². The predicted octanol–water partition coefficient (Wildman–Crippen LogP) is 14.7. The Hall–Kier alpha value is -6.32. The molecule has 0 amide bonds. The Morgan fingerprint density at radius 2 is 0.929 bits per heavy atom. The van der Waals surface area contributed by atoms with Crippen molar-refractivity contribution in [2.75, 3.05) is 10.6 Å². The number of rotatable bonds is 11. The van der Waals surface area contributed by atoms with Gasteiger partial charge in [0.1, 0.15) is 34.4 Å². The van der Waals surface area contributed by atoms with Crippen LogP contribution in [-0.4, -0.2) is 20.4 Å². The van der Waals surface area contributed by atoms with E-state index in [0.717, 1.165) is 37.4 Å². The number of phenols is 4. The van der Waals surface area contributed by atoms with Gasteiger partial charge in [-0.3, -0.25) is 0 Å². The number of phenolic OH excluding ortho intramolecular Hbond substituents is 4. The van der Waals surface area contributed by atoms with Crippen LogP contribution in [0.3, 0.4) is 0 Å². The van der Waals surface area contributed by atoms with Gasteiger partial charge in [0.2, 0.25) is 0 Å². The van der Waals surface area contributed by atoms with Crippen molar-refractivity contribution < 1.29 is 20.4 Å². The van der Waals surface area contributed by atoms with Crippen molar-refractivity contribution >= 4 is 90.8 Å². The molecule has 0 aliphatic heterocycles. The minimum Gasteiger partial charge on any atom is -0.508 e. The lowest BCUT2D eigenvalue weighted by Gasteiger charge is -2.07. The molecule has 14 heteroatoms. The first-order valence-electron chi connectivity index (χ1n) is 17.2. The lowest BCUT2D eigenvalue weighted by Crippen LogP contribution is -1.89. The summed E-state index contributed by atoms with van der Waals surface area (Å²) in [7, 11) is 0. The van der Waals surface area contributed by atoms with Gasteiger partial charge in [-0.25, -0.2) is 0 Å². The summed E-state index contributed by atoms with van der Waals surface area (Å²) in [5, 5.41) is 62.9. The van der Waals surface area contributed by atoms with E-state index >= 15 is 0 Å². The SMILES string of the molecule is Cc1ccc(-c2cc(Nc3ccc(N=Nc4ccc(O)cc4O)cc3)c(-c3ccc(-c4cc(Nc5ccc(N=Nc6ccc(O)cc6O)cc5)c(C)s4)s3)s2)s1. The molecule has 6 N–H and O–H groups in total. The van der Waals surface area contributed by atoms with Crippen LogP contribution in [-0.2, 0) is 0 Å². The molecule has 278 valence electrons. The molecule has 0 fully saturated rings. The van der Waals surface area contributed by atoms with E-state index in [1.54, 1.807) is 45.3 Å². The Morgan fingerprint density at radius 1 is 0.429 bits per heavy atom. The number of nitrogens with zero attached hydrogens (tertiary/aromatic N) is 4. The number of thiophene rings is 4. The quantitative estimate of drug-likeness (QED) is 0.0715. The molecule has 10 nitrogen and oxygen atoms in total. The summed E-state index contributed by atoms with van der Waals surface area (Å²) in [4.78, 5) is 9.51. The van der Waals surface area contributed by atoms with E-state index in [1.165, 1.54) is 60.8 Å². The lowest BCUT2D eigenvalue weighted by atomic mass is 10.2. The number of nitrogens with one attached hydrogen (secondary N) is 2. The normalized spacial score (nSPS) is 11.5. The highest BCUT2D eigenvalue weighted by molar-refractivity contribution is 7.29. The van der Waals surface area contributed by atoms with Gasteiger partial charge in [0.05, 0.1) is 27.6 Å². The molecule has 8 rings (SSSR count). The fourth-order valence-electron chi connectivity index (χ4n) is 5.63. The number of anilines is 4. The van der Waals surface area contributed by atoms with E-state index in [1.807, 2.05) is 48.5 Å². The second kappa shape index (κ2) is 15.8. The van der Waals surface area contributed by atoms with Crippen molar-refractivity contribution in [1.82, 2.24) is 0 Å². The molecule has 4 aromatic carbocycles. The van der Waals surface area contributed by atoms with Crippen LogP contribution in [0, 0.1) is 13.8 Å². The van der Waals surface area contributed by atoms with Gasteiger partial charge in [0, 0.05) is 57.6 Å². The Balaban J connectivity index is 0.995. The molecule has 56 heavy (non-hydrogen) atoms. The van der Waals surface area contributed by atoms with Gasteiger partial charge in [0.25, 0.3) is 0 Å². The highest BCUT2D eigenvalue weighted by atomic mass is 32.1. The molecule has 0 atom stereocenters. The molecule has 0 saturated carbocycles. The third-order valence-electron chi connectivity index (χ3n) is 8.46. The summed E-state index contributed by atoms with van der Waals surface area (Å²) in [6.07, 6.45) is 0. The van der Waals surface area contributed by atoms with Gasteiger partial charge in [-0.1, -0.05) is 0 Å². The highest BCUT2D eigenvalue weighted by Gasteiger charge is 2.18. The van der Waals surface area contributed by atoms with Gasteiger partial charge in [-0.05, 0) is 123 Å². The minimum atomic E-state index is -0.143. The van der Waals surface area contributed by atoms with Gasteiger partial charge in [0.15, 0.2) is 0 Å². The average molecular weight is 813 g/mol. The third kappa shape index (κ3) is 8.33. The topological polar surface area (TPSA) is 154 Å². The summed E-state index contributed by atoms with van der Waals surface area (Å²) in [6.45, 7) is 4.23. The van der Waals surface area contributed by atoms with E-state index in [-0.39, 0.29) is 34.4 Å². The first kappa shape index (κ1) is 36.6. The summed E-state index contributed by atoms with van der Waals surface area (Å²) in [6, 6.07) is 36.7. The van der Waals surface area contributed by atoms with Crippen molar-refractivity contribution in [3.05, 3.63) is 131 Å². The van der Waals surface area contributed by atoms with E-state index < -0.39 is 0 Å². The van der Waals surface area contributed by atoms with Crippen LogP contribution in [0.1, 0.15) is 9.75 Å².